The SMILES string of the molecule is CCNc1ncc2nc(-c3ccc(F)cc3)c(=O)n(CCOC)c2n1. The van der Waals surface area contributed by atoms with Gasteiger partial charge in [-0.15, -0.1) is 0 Å². The summed E-state index contributed by atoms with van der Waals surface area (Å²) in [5.74, 6) is 0.0553. The number of rotatable bonds is 6. The molecule has 0 bridgehead atoms. The van der Waals surface area contributed by atoms with Crippen LogP contribution in [0.3, 0.4) is 0 Å². The molecule has 0 saturated carbocycles. The van der Waals surface area contributed by atoms with E-state index < -0.39 is 0 Å². The summed E-state index contributed by atoms with van der Waals surface area (Å²) in [5, 5.41) is 3.02. The molecule has 1 aromatic carbocycles. The van der Waals surface area contributed by atoms with Gasteiger partial charge in [0.1, 0.15) is 17.0 Å². The number of halogens is 1. The molecule has 0 spiro atoms. The highest BCUT2D eigenvalue weighted by molar-refractivity contribution is 5.74. The summed E-state index contributed by atoms with van der Waals surface area (Å²) in [7, 11) is 1.56. The third kappa shape index (κ3) is 3.48. The van der Waals surface area contributed by atoms with Crippen LogP contribution in [0.15, 0.2) is 35.3 Å². The van der Waals surface area contributed by atoms with E-state index in [1.54, 1.807) is 13.3 Å². The van der Waals surface area contributed by atoms with Crippen LogP contribution in [-0.2, 0) is 11.3 Å². The highest BCUT2D eigenvalue weighted by Gasteiger charge is 2.15. The van der Waals surface area contributed by atoms with Gasteiger partial charge in [0.05, 0.1) is 19.3 Å². The highest BCUT2D eigenvalue weighted by Crippen LogP contribution is 2.17. The van der Waals surface area contributed by atoms with E-state index in [1.165, 1.54) is 28.8 Å². The van der Waals surface area contributed by atoms with E-state index in [-0.39, 0.29) is 17.1 Å². The maximum absolute atomic E-state index is 13.2. The average Bonchev–Trinajstić information content (AvgIpc) is 2.62. The molecule has 0 aliphatic heterocycles. The second kappa shape index (κ2) is 7.35. The molecule has 7 nitrogen and oxygen atoms in total. The lowest BCUT2D eigenvalue weighted by Gasteiger charge is -2.12. The lowest BCUT2D eigenvalue weighted by atomic mass is 10.1. The Morgan fingerprint density at radius 1 is 1.24 bits per heavy atom. The molecule has 8 heteroatoms. The molecule has 0 aliphatic carbocycles. The quantitative estimate of drug-likeness (QED) is 0.738. The first-order valence-corrected chi connectivity index (χ1v) is 7.90. The Bertz CT molecular complexity index is 940. The van der Waals surface area contributed by atoms with Crippen molar-refractivity contribution in [3.8, 4) is 11.3 Å². The summed E-state index contributed by atoms with van der Waals surface area (Å²) < 4.78 is 19.8. The Kier molecular flexibility index (Phi) is 4.99. The van der Waals surface area contributed by atoms with Gasteiger partial charge in [-0.05, 0) is 31.2 Å². The topological polar surface area (TPSA) is 81.9 Å². The molecule has 3 aromatic rings. The van der Waals surface area contributed by atoms with Crippen LogP contribution in [0.4, 0.5) is 10.3 Å². The third-order valence-electron chi connectivity index (χ3n) is 3.66. The van der Waals surface area contributed by atoms with E-state index in [2.05, 4.69) is 20.3 Å². The number of aromatic nitrogens is 4. The van der Waals surface area contributed by atoms with Crippen molar-refractivity contribution in [2.45, 2.75) is 13.5 Å². The Morgan fingerprint density at radius 2 is 2.00 bits per heavy atom. The summed E-state index contributed by atoms with van der Waals surface area (Å²) in [5.41, 5.74) is 1.37. The molecule has 0 atom stereocenters. The summed E-state index contributed by atoms with van der Waals surface area (Å²) in [6, 6.07) is 5.65. The van der Waals surface area contributed by atoms with Crippen molar-refractivity contribution in [2.24, 2.45) is 0 Å². The maximum atomic E-state index is 13.2. The normalized spacial score (nSPS) is 11.0. The fraction of sp³-hybridized carbons (Fsp3) is 0.294. The van der Waals surface area contributed by atoms with E-state index in [0.29, 0.717) is 42.4 Å². The van der Waals surface area contributed by atoms with Crippen LogP contribution in [0.2, 0.25) is 0 Å². The summed E-state index contributed by atoms with van der Waals surface area (Å²) in [4.78, 5) is 25.9. The maximum Gasteiger partial charge on any atom is 0.278 e. The van der Waals surface area contributed by atoms with Gasteiger partial charge in [-0.3, -0.25) is 9.36 Å². The molecule has 130 valence electrons. The number of methoxy groups -OCH3 is 1. The summed E-state index contributed by atoms with van der Waals surface area (Å²) in [6.07, 6.45) is 1.57. The van der Waals surface area contributed by atoms with Crippen molar-refractivity contribution < 1.29 is 9.13 Å². The molecule has 0 fully saturated rings. The minimum Gasteiger partial charge on any atom is -0.383 e. The predicted octanol–water partition coefficient (Wildman–Crippen LogP) is 2.07. The van der Waals surface area contributed by atoms with Crippen molar-refractivity contribution in [3.05, 3.63) is 46.6 Å². The zero-order valence-electron chi connectivity index (χ0n) is 14.0. The van der Waals surface area contributed by atoms with Crippen molar-refractivity contribution >= 4 is 17.1 Å². The van der Waals surface area contributed by atoms with Crippen LogP contribution in [0.1, 0.15) is 6.92 Å². The largest absolute Gasteiger partial charge is 0.383 e. The molecule has 0 saturated heterocycles. The fourth-order valence-corrected chi connectivity index (χ4v) is 2.47. The van der Waals surface area contributed by atoms with Crippen LogP contribution >= 0.6 is 0 Å². The van der Waals surface area contributed by atoms with Gasteiger partial charge in [0.25, 0.3) is 5.56 Å². The van der Waals surface area contributed by atoms with Gasteiger partial charge < -0.3 is 10.1 Å². The molecule has 1 N–H and O–H groups in total. The zero-order chi connectivity index (χ0) is 17.8. The lowest BCUT2D eigenvalue weighted by molar-refractivity contribution is 0.187. The first-order chi connectivity index (χ1) is 12.1. The third-order valence-corrected chi connectivity index (χ3v) is 3.66. The second-order valence-corrected chi connectivity index (χ2v) is 5.35. The smallest absolute Gasteiger partial charge is 0.278 e. The first-order valence-electron chi connectivity index (χ1n) is 7.90. The van der Waals surface area contributed by atoms with E-state index in [1.807, 2.05) is 6.92 Å². The van der Waals surface area contributed by atoms with Crippen molar-refractivity contribution in [2.75, 3.05) is 25.6 Å². The number of nitrogens with one attached hydrogen (secondary N) is 1. The van der Waals surface area contributed by atoms with Gasteiger partial charge in [-0.25, -0.2) is 14.4 Å². The minimum absolute atomic E-state index is 0.225. The van der Waals surface area contributed by atoms with E-state index >= 15 is 0 Å². The van der Waals surface area contributed by atoms with Gasteiger partial charge in [-0.2, -0.15) is 4.98 Å². The number of nitrogens with zero attached hydrogens (tertiary/aromatic N) is 4. The number of hydrogen-bond acceptors (Lipinski definition) is 6. The summed E-state index contributed by atoms with van der Waals surface area (Å²) in [6.45, 7) is 3.27. The van der Waals surface area contributed by atoms with Crippen LogP contribution in [-0.4, -0.2) is 39.8 Å². The molecule has 3 rings (SSSR count). The predicted molar refractivity (Wildman–Crippen MR) is 93.0 cm³/mol. The standard InChI is InChI=1S/C17H18FN5O2/c1-3-19-17-20-10-13-15(22-17)23(8-9-25-2)16(24)14(21-13)11-4-6-12(18)7-5-11/h4-7,10H,3,8-9H2,1-2H3,(H,19,20,22). The van der Waals surface area contributed by atoms with E-state index in [0.717, 1.165) is 0 Å². The number of ether oxygens (including phenoxy) is 1. The van der Waals surface area contributed by atoms with Crippen molar-refractivity contribution in [1.82, 2.24) is 19.5 Å². The first kappa shape index (κ1) is 17.0. The molecule has 25 heavy (non-hydrogen) atoms. The Hall–Kier alpha value is -2.87. The van der Waals surface area contributed by atoms with Gasteiger partial charge in [0, 0.05) is 19.2 Å². The molecule has 2 heterocycles. The van der Waals surface area contributed by atoms with E-state index in [4.69, 9.17) is 4.74 Å². The number of anilines is 1. The zero-order valence-corrected chi connectivity index (χ0v) is 14.0. The molecular weight excluding hydrogens is 325 g/mol. The molecule has 0 amide bonds. The molecule has 0 unspecified atom stereocenters. The fourth-order valence-electron chi connectivity index (χ4n) is 2.47. The Morgan fingerprint density at radius 3 is 2.68 bits per heavy atom. The van der Waals surface area contributed by atoms with E-state index in [9.17, 15) is 9.18 Å². The van der Waals surface area contributed by atoms with Crippen LogP contribution in [0.5, 0.6) is 0 Å². The molecule has 2 aromatic heterocycles. The monoisotopic (exact) mass is 343 g/mol. The lowest BCUT2D eigenvalue weighted by Crippen LogP contribution is -2.26. The van der Waals surface area contributed by atoms with Crippen LogP contribution in [0, 0.1) is 5.82 Å². The van der Waals surface area contributed by atoms with Gasteiger partial charge in [0.15, 0.2) is 5.65 Å². The van der Waals surface area contributed by atoms with Gasteiger partial charge >= 0.3 is 0 Å². The number of fused-ring (bicyclic) bond motifs is 1. The number of benzene rings is 1. The van der Waals surface area contributed by atoms with Gasteiger partial charge in [0.2, 0.25) is 5.95 Å². The minimum atomic E-state index is -0.372. The Labute approximate surface area is 143 Å². The highest BCUT2D eigenvalue weighted by atomic mass is 19.1. The molecule has 0 radical (unpaired) electrons. The van der Waals surface area contributed by atoms with Crippen molar-refractivity contribution in [3.63, 3.8) is 0 Å². The average molecular weight is 343 g/mol. The molecular formula is C17H18FN5O2. The van der Waals surface area contributed by atoms with Crippen molar-refractivity contribution in [1.29, 1.82) is 0 Å². The molecule has 0 aliphatic rings. The number of hydrogen-bond donors (Lipinski definition) is 1. The Balaban J connectivity index is 2.22. The van der Waals surface area contributed by atoms with Crippen LogP contribution in [0.25, 0.3) is 22.4 Å². The van der Waals surface area contributed by atoms with Gasteiger partial charge in [-0.1, -0.05) is 0 Å². The van der Waals surface area contributed by atoms with Crippen LogP contribution < -0.4 is 10.9 Å². The summed E-state index contributed by atoms with van der Waals surface area (Å²) >= 11 is 0. The second-order valence-electron chi connectivity index (χ2n) is 5.35.